The van der Waals surface area contributed by atoms with Crippen molar-refractivity contribution < 1.29 is 9.59 Å². The van der Waals surface area contributed by atoms with Gasteiger partial charge in [-0.15, -0.1) is 0 Å². The van der Waals surface area contributed by atoms with E-state index in [0.29, 0.717) is 25.2 Å². The summed E-state index contributed by atoms with van der Waals surface area (Å²) in [7, 11) is 0. The predicted molar refractivity (Wildman–Crippen MR) is 93.0 cm³/mol. The van der Waals surface area contributed by atoms with Crippen molar-refractivity contribution in [1.29, 1.82) is 0 Å². The Hall–Kier alpha value is -2.67. The summed E-state index contributed by atoms with van der Waals surface area (Å²) in [6, 6.07) is 7.63. The van der Waals surface area contributed by atoms with E-state index in [1.807, 2.05) is 29.2 Å². The van der Waals surface area contributed by atoms with Gasteiger partial charge in [-0.1, -0.05) is 12.1 Å². The molecule has 25 heavy (non-hydrogen) atoms. The lowest BCUT2D eigenvalue weighted by molar-refractivity contribution is -0.128. The second-order valence-electron chi connectivity index (χ2n) is 6.53. The molecule has 4 rings (SSSR count). The molecule has 130 valence electrons. The highest BCUT2D eigenvalue weighted by Gasteiger charge is 2.22. The first-order valence-corrected chi connectivity index (χ1v) is 8.65. The Balaban J connectivity index is 1.41. The van der Waals surface area contributed by atoms with Gasteiger partial charge >= 0.3 is 0 Å². The maximum atomic E-state index is 12.5. The number of carbonyl (C=O) groups excluding carboxylic acids is 2. The van der Waals surface area contributed by atoms with Crippen LogP contribution in [0.3, 0.4) is 0 Å². The lowest BCUT2D eigenvalue weighted by Crippen LogP contribution is -2.25. The number of carbonyl (C=O) groups is 2. The second kappa shape index (κ2) is 6.68. The highest BCUT2D eigenvalue weighted by atomic mass is 16.2. The molecule has 2 aliphatic heterocycles. The Morgan fingerprint density at radius 1 is 1.24 bits per heavy atom. The van der Waals surface area contributed by atoms with Gasteiger partial charge in [-0.05, 0) is 24.1 Å². The number of amides is 2. The number of rotatable bonds is 4. The van der Waals surface area contributed by atoms with E-state index in [1.54, 1.807) is 0 Å². The molecule has 7 nitrogen and oxygen atoms in total. The van der Waals surface area contributed by atoms with Gasteiger partial charge in [0.15, 0.2) is 5.69 Å². The van der Waals surface area contributed by atoms with Crippen LogP contribution in [0.25, 0.3) is 0 Å². The molecular weight excluding hydrogens is 318 g/mol. The van der Waals surface area contributed by atoms with Crippen LogP contribution in [0, 0.1) is 0 Å². The summed E-state index contributed by atoms with van der Waals surface area (Å²) in [5.41, 5.74) is 4.23. The molecule has 2 aliphatic rings. The van der Waals surface area contributed by atoms with Gasteiger partial charge in [-0.25, -0.2) is 0 Å². The summed E-state index contributed by atoms with van der Waals surface area (Å²) in [6.07, 6.45) is 2.45. The number of hydrogen-bond acceptors (Lipinski definition) is 4. The first-order chi connectivity index (χ1) is 12.2. The highest BCUT2D eigenvalue weighted by Crippen LogP contribution is 2.19. The molecule has 2 aromatic rings. The van der Waals surface area contributed by atoms with Gasteiger partial charge < -0.3 is 15.5 Å². The smallest absolute Gasteiger partial charge is 0.276 e. The fourth-order valence-electron chi connectivity index (χ4n) is 3.39. The zero-order valence-electron chi connectivity index (χ0n) is 14.0. The molecule has 3 heterocycles. The standard InChI is InChI=1S/C18H21N5O2/c24-16-2-1-9-23(16)11-12-3-5-13(6-4-12)20-18(25)17-14-10-19-8-7-15(14)21-22-17/h3-6,19H,1-2,7-11H2,(H,20,25)(H,21,22). The molecule has 7 heteroatoms. The van der Waals surface area contributed by atoms with Crippen LogP contribution in [0.2, 0.25) is 0 Å². The van der Waals surface area contributed by atoms with Crippen molar-refractivity contribution in [2.24, 2.45) is 0 Å². The number of aromatic nitrogens is 2. The Kier molecular flexibility index (Phi) is 4.23. The lowest BCUT2D eigenvalue weighted by atomic mass is 10.1. The summed E-state index contributed by atoms with van der Waals surface area (Å²) in [5.74, 6) is 0.0120. The summed E-state index contributed by atoms with van der Waals surface area (Å²) >= 11 is 0. The van der Waals surface area contributed by atoms with Crippen LogP contribution >= 0.6 is 0 Å². The van der Waals surface area contributed by atoms with Gasteiger partial charge in [-0.3, -0.25) is 14.7 Å². The van der Waals surface area contributed by atoms with Crippen molar-refractivity contribution in [3.8, 4) is 0 Å². The SMILES string of the molecule is O=C(Nc1ccc(CN2CCCC2=O)cc1)c1n[nH]c2c1CNCC2. The maximum Gasteiger partial charge on any atom is 0.276 e. The number of fused-ring (bicyclic) bond motifs is 1. The zero-order valence-corrected chi connectivity index (χ0v) is 14.0. The molecule has 0 saturated carbocycles. The molecule has 1 aromatic heterocycles. The van der Waals surface area contributed by atoms with Crippen LogP contribution in [-0.4, -0.2) is 40.0 Å². The highest BCUT2D eigenvalue weighted by molar-refractivity contribution is 6.04. The minimum absolute atomic E-state index is 0.205. The van der Waals surface area contributed by atoms with E-state index in [4.69, 9.17) is 0 Å². The van der Waals surface area contributed by atoms with Crippen molar-refractivity contribution >= 4 is 17.5 Å². The third-order valence-electron chi connectivity index (χ3n) is 4.78. The number of nitrogens with zero attached hydrogens (tertiary/aromatic N) is 2. The van der Waals surface area contributed by atoms with Gasteiger partial charge in [0.1, 0.15) is 0 Å². The number of aromatic amines is 1. The Bertz CT molecular complexity index is 796. The third-order valence-corrected chi connectivity index (χ3v) is 4.78. The minimum atomic E-state index is -0.205. The van der Waals surface area contributed by atoms with Crippen molar-refractivity contribution in [2.75, 3.05) is 18.4 Å². The van der Waals surface area contributed by atoms with E-state index < -0.39 is 0 Å². The van der Waals surface area contributed by atoms with Crippen LogP contribution < -0.4 is 10.6 Å². The van der Waals surface area contributed by atoms with Gasteiger partial charge in [0, 0.05) is 56.0 Å². The monoisotopic (exact) mass is 339 g/mol. The van der Waals surface area contributed by atoms with E-state index >= 15 is 0 Å². The molecular formula is C18H21N5O2. The summed E-state index contributed by atoms with van der Waals surface area (Å²) in [6.45, 7) is 3.02. The third kappa shape index (κ3) is 3.28. The number of hydrogen-bond donors (Lipinski definition) is 3. The van der Waals surface area contributed by atoms with Crippen molar-refractivity contribution in [3.63, 3.8) is 0 Å². The first-order valence-electron chi connectivity index (χ1n) is 8.65. The molecule has 0 spiro atoms. The molecule has 3 N–H and O–H groups in total. The Morgan fingerprint density at radius 3 is 2.84 bits per heavy atom. The molecule has 0 atom stereocenters. The first kappa shape index (κ1) is 15.8. The maximum absolute atomic E-state index is 12.5. The zero-order chi connectivity index (χ0) is 17.2. The topological polar surface area (TPSA) is 90.1 Å². The molecule has 1 fully saturated rings. The normalized spacial score (nSPS) is 16.8. The van der Waals surface area contributed by atoms with E-state index in [0.717, 1.165) is 48.4 Å². The lowest BCUT2D eigenvalue weighted by Gasteiger charge is -2.16. The van der Waals surface area contributed by atoms with Crippen molar-refractivity contribution in [3.05, 3.63) is 46.8 Å². The predicted octanol–water partition coefficient (Wildman–Crippen LogP) is 1.43. The molecule has 0 bridgehead atoms. The minimum Gasteiger partial charge on any atom is -0.338 e. The summed E-state index contributed by atoms with van der Waals surface area (Å²) < 4.78 is 0. The number of H-pyrrole nitrogens is 1. The average Bonchev–Trinajstić information content (AvgIpc) is 3.23. The van der Waals surface area contributed by atoms with Gasteiger partial charge in [0.25, 0.3) is 5.91 Å². The van der Waals surface area contributed by atoms with E-state index in [1.165, 1.54) is 0 Å². The van der Waals surface area contributed by atoms with Crippen LogP contribution in [0.4, 0.5) is 5.69 Å². The molecule has 0 radical (unpaired) electrons. The van der Waals surface area contributed by atoms with Crippen molar-refractivity contribution in [2.45, 2.75) is 32.4 Å². The summed E-state index contributed by atoms with van der Waals surface area (Å²) in [5, 5.41) is 13.3. The number of nitrogens with one attached hydrogen (secondary N) is 3. The Labute approximate surface area is 145 Å². The van der Waals surface area contributed by atoms with Crippen LogP contribution in [0.1, 0.15) is 40.2 Å². The second-order valence-corrected chi connectivity index (χ2v) is 6.53. The van der Waals surface area contributed by atoms with Gasteiger partial charge in [-0.2, -0.15) is 5.10 Å². The molecule has 2 amide bonds. The molecule has 0 unspecified atom stereocenters. The quantitative estimate of drug-likeness (QED) is 0.786. The van der Waals surface area contributed by atoms with Gasteiger partial charge in [0.05, 0.1) is 0 Å². The molecule has 0 aliphatic carbocycles. The number of likely N-dealkylation sites (tertiary alicyclic amines) is 1. The van der Waals surface area contributed by atoms with E-state index in [9.17, 15) is 9.59 Å². The van der Waals surface area contributed by atoms with E-state index in [-0.39, 0.29) is 11.8 Å². The average molecular weight is 339 g/mol. The van der Waals surface area contributed by atoms with Crippen LogP contribution in [-0.2, 0) is 24.3 Å². The fraction of sp³-hybridized carbons (Fsp3) is 0.389. The molecule has 1 aromatic carbocycles. The van der Waals surface area contributed by atoms with Crippen molar-refractivity contribution in [1.82, 2.24) is 20.4 Å². The van der Waals surface area contributed by atoms with Crippen LogP contribution in [0.5, 0.6) is 0 Å². The van der Waals surface area contributed by atoms with E-state index in [2.05, 4.69) is 20.8 Å². The molecule has 1 saturated heterocycles. The fourth-order valence-corrected chi connectivity index (χ4v) is 3.39. The van der Waals surface area contributed by atoms with Crippen LogP contribution in [0.15, 0.2) is 24.3 Å². The number of anilines is 1. The Morgan fingerprint density at radius 2 is 2.08 bits per heavy atom. The number of benzene rings is 1. The van der Waals surface area contributed by atoms with Gasteiger partial charge in [0.2, 0.25) is 5.91 Å². The summed E-state index contributed by atoms with van der Waals surface area (Å²) in [4.78, 5) is 26.0. The largest absolute Gasteiger partial charge is 0.338 e.